The van der Waals surface area contributed by atoms with Crippen LogP contribution in [0.5, 0.6) is 5.75 Å². The molecule has 3 aromatic carbocycles. The summed E-state index contributed by atoms with van der Waals surface area (Å²) in [5.74, 6) is 1.34. The van der Waals surface area contributed by atoms with E-state index >= 15 is 0 Å². The van der Waals surface area contributed by atoms with E-state index in [9.17, 15) is 9.59 Å². The fourth-order valence-corrected chi connectivity index (χ4v) is 4.69. The number of carbonyl (C=O) groups excluding carboxylic acids is 2. The Kier molecular flexibility index (Phi) is 6.71. The Balaban J connectivity index is 1.19. The molecule has 1 aromatic heterocycles. The third kappa shape index (κ3) is 4.96. The zero-order valence-corrected chi connectivity index (χ0v) is 20.4. The molecular formula is C29H29N3O4. The van der Waals surface area contributed by atoms with Crippen molar-refractivity contribution in [3.05, 3.63) is 78.4 Å². The summed E-state index contributed by atoms with van der Waals surface area (Å²) < 4.78 is 11.0. The van der Waals surface area contributed by atoms with E-state index in [1.54, 1.807) is 25.3 Å². The van der Waals surface area contributed by atoms with Gasteiger partial charge in [-0.05, 0) is 73.4 Å². The molecule has 1 aliphatic heterocycles. The van der Waals surface area contributed by atoms with Crippen molar-refractivity contribution in [2.75, 3.05) is 25.5 Å². The summed E-state index contributed by atoms with van der Waals surface area (Å²) in [6, 6.07) is 22.4. The fraction of sp³-hybridized carbons (Fsp3) is 0.276. The Hall–Kier alpha value is -4.13. The number of nitrogens with one attached hydrogen (secondary N) is 1. The standard InChI is InChI=1S/C29H29N3O4/c1-19(27(33)30-23-9-11-24(35-2)12-10-23)20-14-16-32(17-15-20)29(34)22-8-13-26-25(18-22)31-28(36-26)21-6-4-3-5-7-21/h3-13,18-20H,14-17H2,1-2H3,(H,30,33)/t19-/m1/s1. The van der Waals surface area contributed by atoms with Crippen molar-refractivity contribution < 1.29 is 18.7 Å². The molecule has 184 valence electrons. The first kappa shape index (κ1) is 23.6. The maximum absolute atomic E-state index is 13.2. The lowest BCUT2D eigenvalue weighted by atomic mass is 9.84. The highest BCUT2D eigenvalue weighted by molar-refractivity contribution is 5.97. The van der Waals surface area contributed by atoms with Crippen LogP contribution in [0.15, 0.2) is 77.2 Å². The summed E-state index contributed by atoms with van der Waals surface area (Å²) in [5.41, 5.74) is 3.56. The number of piperidine rings is 1. The Morgan fingerprint density at radius 3 is 2.44 bits per heavy atom. The van der Waals surface area contributed by atoms with Crippen LogP contribution in [0.25, 0.3) is 22.6 Å². The number of benzene rings is 3. The predicted molar refractivity (Wildman–Crippen MR) is 139 cm³/mol. The van der Waals surface area contributed by atoms with Gasteiger partial charge in [-0.2, -0.15) is 0 Å². The lowest BCUT2D eigenvalue weighted by Crippen LogP contribution is -2.41. The van der Waals surface area contributed by atoms with Gasteiger partial charge in [0, 0.05) is 35.8 Å². The largest absolute Gasteiger partial charge is 0.497 e. The molecule has 1 N–H and O–H groups in total. The first-order valence-corrected chi connectivity index (χ1v) is 12.2. The Morgan fingerprint density at radius 2 is 1.75 bits per heavy atom. The number of ether oxygens (including phenoxy) is 1. The van der Waals surface area contributed by atoms with E-state index in [1.807, 2.05) is 66.4 Å². The van der Waals surface area contributed by atoms with Crippen molar-refractivity contribution in [1.29, 1.82) is 0 Å². The maximum Gasteiger partial charge on any atom is 0.253 e. The van der Waals surface area contributed by atoms with Crippen molar-refractivity contribution in [2.24, 2.45) is 11.8 Å². The van der Waals surface area contributed by atoms with Gasteiger partial charge in [-0.25, -0.2) is 4.98 Å². The minimum absolute atomic E-state index is 0.00403. The summed E-state index contributed by atoms with van der Waals surface area (Å²) in [6.07, 6.45) is 1.57. The second-order valence-corrected chi connectivity index (χ2v) is 9.20. The molecule has 1 fully saturated rings. The third-order valence-electron chi connectivity index (χ3n) is 6.96. The van der Waals surface area contributed by atoms with E-state index < -0.39 is 0 Å². The quantitative estimate of drug-likeness (QED) is 0.384. The second kappa shape index (κ2) is 10.2. The Morgan fingerprint density at radius 1 is 1.03 bits per heavy atom. The number of hydrogen-bond donors (Lipinski definition) is 1. The monoisotopic (exact) mass is 483 g/mol. The van der Waals surface area contributed by atoms with Gasteiger partial charge in [-0.3, -0.25) is 9.59 Å². The molecule has 36 heavy (non-hydrogen) atoms. The molecule has 0 saturated carbocycles. The molecule has 7 nitrogen and oxygen atoms in total. The van der Waals surface area contributed by atoms with Crippen LogP contribution in [0.1, 0.15) is 30.1 Å². The molecule has 5 rings (SSSR count). The molecular weight excluding hydrogens is 454 g/mol. The number of likely N-dealkylation sites (tertiary alicyclic amines) is 1. The SMILES string of the molecule is COc1ccc(NC(=O)[C@H](C)C2CCN(C(=O)c3ccc4oc(-c5ccccc5)nc4c3)CC2)cc1. The minimum Gasteiger partial charge on any atom is -0.497 e. The maximum atomic E-state index is 13.2. The van der Waals surface area contributed by atoms with E-state index in [-0.39, 0.29) is 23.7 Å². The number of aromatic nitrogens is 1. The molecule has 0 bridgehead atoms. The van der Waals surface area contributed by atoms with Gasteiger partial charge in [0.05, 0.1) is 7.11 Å². The van der Waals surface area contributed by atoms with Gasteiger partial charge in [0.1, 0.15) is 11.3 Å². The molecule has 0 unspecified atom stereocenters. The average molecular weight is 484 g/mol. The van der Waals surface area contributed by atoms with Crippen LogP contribution < -0.4 is 10.1 Å². The summed E-state index contributed by atoms with van der Waals surface area (Å²) in [4.78, 5) is 32.4. The third-order valence-corrected chi connectivity index (χ3v) is 6.96. The number of carbonyl (C=O) groups is 2. The summed E-state index contributed by atoms with van der Waals surface area (Å²) >= 11 is 0. The highest BCUT2D eigenvalue weighted by atomic mass is 16.5. The van der Waals surface area contributed by atoms with Crippen LogP contribution >= 0.6 is 0 Å². The molecule has 1 atom stereocenters. The first-order chi connectivity index (χ1) is 17.5. The van der Waals surface area contributed by atoms with Crippen molar-refractivity contribution in [3.63, 3.8) is 0 Å². The van der Waals surface area contributed by atoms with E-state index in [2.05, 4.69) is 10.3 Å². The van der Waals surface area contributed by atoms with Gasteiger partial charge in [0.15, 0.2) is 5.58 Å². The molecule has 4 aromatic rings. The van der Waals surface area contributed by atoms with Gasteiger partial charge in [-0.15, -0.1) is 0 Å². The van der Waals surface area contributed by atoms with E-state index in [0.29, 0.717) is 35.6 Å². The van der Waals surface area contributed by atoms with Crippen LogP contribution in [-0.4, -0.2) is 41.9 Å². The van der Waals surface area contributed by atoms with Crippen molar-refractivity contribution in [2.45, 2.75) is 19.8 Å². The number of anilines is 1. The average Bonchev–Trinajstić information content (AvgIpc) is 3.37. The van der Waals surface area contributed by atoms with Crippen LogP contribution in [0.2, 0.25) is 0 Å². The van der Waals surface area contributed by atoms with E-state index in [0.717, 1.165) is 29.8 Å². The highest BCUT2D eigenvalue weighted by Gasteiger charge is 2.30. The smallest absolute Gasteiger partial charge is 0.253 e. The number of rotatable bonds is 6. The number of hydrogen-bond acceptors (Lipinski definition) is 5. The molecule has 0 aliphatic carbocycles. The van der Waals surface area contributed by atoms with Crippen LogP contribution in [0.3, 0.4) is 0 Å². The number of amides is 2. The predicted octanol–water partition coefficient (Wildman–Crippen LogP) is 5.63. The lowest BCUT2D eigenvalue weighted by Gasteiger charge is -2.34. The van der Waals surface area contributed by atoms with Gasteiger partial charge in [0.2, 0.25) is 11.8 Å². The number of nitrogens with zero attached hydrogens (tertiary/aromatic N) is 2. The van der Waals surface area contributed by atoms with Crippen molar-refractivity contribution in [1.82, 2.24) is 9.88 Å². The number of methoxy groups -OCH3 is 1. The molecule has 2 amide bonds. The Bertz CT molecular complexity index is 1360. The fourth-order valence-electron chi connectivity index (χ4n) is 4.69. The first-order valence-electron chi connectivity index (χ1n) is 12.2. The topological polar surface area (TPSA) is 84.7 Å². The Labute approximate surface area is 210 Å². The van der Waals surface area contributed by atoms with Gasteiger partial charge in [0.25, 0.3) is 5.91 Å². The highest BCUT2D eigenvalue weighted by Crippen LogP contribution is 2.29. The molecule has 1 saturated heterocycles. The second-order valence-electron chi connectivity index (χ2n) is 9.20. The van der Waals surface area contributed by atoms with Crippen LogP contribution in [0, 0.1) is 11.8 Å². The van der Waals surface area contributed by atoms with Gasteiger partial charge >= 0.3 is 0 Å². The number of fused-ring (bicyclic) bond motifs is 1. The van der Waals surface area contributed by atoms with Gasteiger partial charge < -0.3 is 19.4 Å². The van der Waals surface area contributed by atoms with Crippen molar-refractivity contribution >= 4 is 28.6 Å². The molecule has 0 spiro atoms. The molecule has 2 heterocycles. The molecule has 7 heteroatoms. The minimum atomic E-state index is -0.146. The van der Waals surface area contributed by atoms with Gasteiger partial charge in [-0.1, -0.05) is 25.1 Å². The summed E-state index contributed by atoms with van der Waals surface area (Å²) in [5, 5.41) is 2.99. The van der Waals surface area contributed by atoms with E-state index in [4.69, 9.17) is 9.15 Å². The normalized spacial score (nSPS) is 15.0. The number of oxazole rings is 1. The van der Waals surface area contributed by atoms with E-state index in [1.165, 1.54) is 0 Å². The summed E-state index contributed by atoms with van der Waals surface area (Å²) in [7, 11) is 1.61. The summed E-state index contributed by atoms with van der Waals surface area (Å²) in [6.45, 7) is 3.20. The zero-order valence-electron chi connectivity index (χ0n) is 20.4. The van der Waals surface area contributed by atoms with Crippen molar-refractivity contribution in [3.8, 4) is 17.2 Å². The molecule has 1 aliphatic rings. The van der Waals surface area contributed by atoms with Crippen LogP contribution in [-0.2, 0) is 4.79 Å². The lowest BCUT2D eigenvalue weighted by molar-refractivity contribution is -0.121. The zero-order chi connectivity index (χ0) is 25.1. The molecule has 0 radical (unpaired) electrons. The van der Waals surface area contributed by atoms with Crippen LogP contribution in [0.4, 0.5) is 5.69 Å².